The second-order valence-corrected chi connectivity index (χ2v) is 9.23. The van der Waals surface area contributed by atoms with Gasteiger partial charge in [-0.3, -0.25) is 9.59 Å². The molecule has 2 heterocycles. The van der Waals surface area contributed by atoms with E-state index in [1.807, 2.05) is 18.2 Å². The van der Waals surface area contributed by atoms with E-state index in [-0.39, 0.29) is 49.5 Å². The fraction of sp³-hybridized carbons (Fsp3) is 0.333. The summed E-state index contributed by atoms with van der Waals surface area (Å²) in [6.45, 7) is 2.43. The third kappa shape index (κ3) is 4.49. The molecule has 164 valence electrons. The number of sulfonamides is 1. The highest BCUT2D eigenvalue weighted by Gasteiger charge is 2.32. The third-order valence-corrected chi connectivity index (χ3v) is 7.11. The summed E-state index contributed by atoms with van der Waals surface area (Å²) in [5, 5.41) is 2.66. The van der Waals surface area contributed by atoms with Crippen LogP contribution in [0.2, 0.25) is 0 Å². The maximum Gasteiger partial charge on any atom is 0.265 e. The molecule has 2 aromatic rings. The first-order chi connectivity index (χ1) is 14.8. The van der Waals surface area contributed by atoms with Crippen LogP contribution < -0.4 is 14.8 Å². The minimum Gasteiger partial charge on any atom is -0.484 e. The van der Waals surface area contributed by atoms with Crippen molar-refractivity contribution < 1.29 is 27.5 Å². The molecule has 2 aliphatic heterocycles. The van der Waals surface area contributed by atoms with Crippen molar-refractivity contribution in [1.29, 1.82) is 0 Å². The zero-order valence-corrected chi connectivity index (χ0v) is 17.8. The largest absolute Gasteiger partial charge is 0.484 e. The van der Waals surface area contributed by atoms with Gasteiger partial charge in [0.1, 0.15) is 11.5 Å². The smallest absolute Gasteiger partial charge is 0.265 e. The van der Waals surface area contributed by atoms with Gasteiger partial charge in [0.25, 0.3) is 11.8 Å². The van der Waals surface area contributed by atoms with E-state index in [0.717, 1.165) is 0 Å². The lowest BCUT2D eigenvalue weighted by Gasteiger charge is -2.34. The Labute approximate surface area is 180 Å². The van der Waals surface area contributed by atoms with E-state index in [2.05, 4.69) is 5.32 Å². The van der Waals surface area contributed by atoms with Gasteiger partial charge in [-0.2, -0.15) is 4.31 Å². The minimum atomic E-state index is -3.77. The highest BCUT2D eigenvalue weighted by molar-refractivity contribution is 7.89. The number of benzene rings is 2. The number of rotatable bonds is 5. The molecular formula is C21H23N3O6S. The van der Waals surface area contributed by atoms with Gasteiger partial charge in [-0.15, -0.1) is 0 Å². The van der Waals surface area contributed by atoms with Crippen LogP contribution in [0.1, 0.15) is 6.92 Å². The summed E-state index contributed by atoms with van der Waals surface area (Å²) in [7, 11) is -3.77. The molecular weight excluding hydrogens is 422 g/mol. The lowest BCUT2D eigenvalue weighted by Crippen LogP contribution is -2.51. The molecule has 31 heavy (non-hydrogen) atoms. The Bertz CT molecular complexity index is 1080. The Morgan fingerprint density at radius 2 is 1.84 bits per heavy atom. The van der Waals surface area contributed by atoms with Crippen LogP contribution in [0.25, 0.3) is 0 Å². The second kappa shape index (κ2) is 8.56. The van der Waals surface area contributed by atoms with Gasteiger partial charge in [0.2, 0.25) is 10.0 Å². The summed E-state index contributed by atoms with van der Waals surface area (Å²) in [5.74, 6) is 0.519. The van der Waals surface area contributed by atoms with Crippen LogP contribution in [0.3, 0.4) is 0 Å². The summed E-state index contributed by atoms with van der Waals surface area (Å²) in [4.78, 5) is 25.9. The first kappa shape index (κ1) is 21.1. The fourth-order valence-electron chi connectivity index (χ4n) is 3.43. The van der Waals surface area contributed by atoms with Crippen molar-refractivity contribution in [3.05, 3.63) is 48.5 Å². The Morgan fingerprint density at radius 3 is 2.55 bits per heavy atom. The monoisotopic (exact) mass is 445 g/mol. The molecule has 1 atom stereocenters. The zero-order chi connectivity index (χ0) is 22.0. The first-order valence-corrected chi connectivity index (χ1v) is 11.4. The average molecular weight is 445 g/mol. The Morgan fingerprint density at radius 1 is 1.13 bits per heavy atom. The SMILES string of the molecule is CC1Oc2ccc(S(=O)(=O)N3CCN(C(=O)COc4ccccc4)CC3)cc2NC1=O. The fourth-order valence-corrected chi connectivity index (χ4v) is 4.88. The van der Waals surface area contributed by atoms with E-state index in [1.165, 1.54) is 16.4 Å². The van der Waals surface area contributed by atoms with Crippen molar-refractivity contribution in [2.24, 2.45) is 0 Å². The summed E-state index contributed by atoms with van der Waals surface area (Å²) in [5.41, 5.74) is 0.330. The summed E-state index contributed by atoms with van der Waals surface area (Å²) in [6.07, 6.45) is -0.633. The molecule has 0 saturated carbocycles. The molecule has 0 bridgehead atoms. The number of piperazine rings is 1. The number of para-hydroxylation sites is 1. The Balaban J connectivity index is 1.37. The highest BCUT2D eigenvalue weighted by atomic mass is 32.2. The standard InChI is InChI=1S/C21H23N3O6S/c1-15-21(26)22-18-13-17(7-8-19(18)30-15)31(27,28)24-11-9-23(10-12-24)20(25)14-29-16-5-3-2-4-6-16/h2-8,13,15H,9-12,14H2,1H3,(H,22,26). The molecule has 0 aliphatic carbocycles. The van der Waals surface area contributed by atoms with Gasteiger partial charge in [-0.1, -0.05) is 18.2 Å². The number of fused-ring (bicyclic) bond motifs is 1. The molecule has 1 N–H and O–H groups in total. The second-order valence-electron chi connectivity index (χ2n) is 7.29. The molecule has 1 unspecified atom stereocenters. The molecule has 1 saturated heterocycles. The summed E-state index contributed by atoms with van der Waals surface area (Å²) in [6, 6.07) is 13.4. The molecule has 2 aliphatic rings. The molecule has 10 heteroatoms. The quantitative estimate of drug-likeness (QED) is 0.744. The number of ether oxygens (including phenoxy) is 2. The van der Waals surface area contributed by atoms with Crippen molar-refractivity contribution >= 4 is 27.5 Å². The van der Waals surface area contributed by atoms with Crippen LogP contribution >= 0.6 is 0 Å². The predicted molar refractivity (Wildman–Crippen MR) is 112 cm³/mol. The van der Waals surface area contributed by atoms with Crippen LogP contribution in [0, 0.1) is 0 Å². The number of nitrogens with zero attached hydrogens (tertiary/aromatic N) is 2. The minimum absolute atomic E-state index is 0.0666. The van der Waals surface area contributed by atoms with Crippen LogP contribution in [0.5, 0.6) is 11.5 Å². The predicted octanol–water partition coefficient (Wildman–Crippen LogP) is 1.32. The van der Waals surface area contributed by atoms with Gasteiger partial charge in [0, 0.05) is 26.2 Å². The van der Waals surface area contributed by atoms with Gasteiger partial charge in [-0.05, 0) is 37.3 Å². The Kier molecular flexibility index (Phi) is 5.84. The van der Waals surface area contributed by atoms with Gasteiger partial charge >= 0.3 is 0 Å². The molecule has 0 aromatic heterocycles. The lowest BCUT2D eigenvalue weighted by molar-refractivity contribution is -0.134. The summed E-state index contributed by atoms with van der Waals surface area (Å²) >= 11 is 0. The van der Waals surface area contributed by atoms with E-state index < -0.39 is 16.1 Å². The van der Waals surface area contributed by atoms with Gasteiger partial charge in [0.15, 0.2) is 12.7 Å². The topological polar surface area (TPSA) is 105 Å². The average Bonchev–Trinajstić information content (AvgIpc) is 2.78. The van der Waals surface area contributed by atoms with Crippen molar-refractivity contribution in [2.45, 2.75) is 17.9 Å². The van der Waals surface area contributed by atoms with Crippen molar-refractivity contribution in [2.75, 3.05) is 38.1 Å². The molecule has 4 rings (SSSR count). The zero-order valence-electron chi connectivity index (χ0n) is 17.0. The van der Waals surface area contributed by atoms with Crippen LogP contribution in [0.4, 0.5) is 5.69 Å². The van der Waals surface area contributed by atoms with Crippen molar-refractivity contribution in [1.82, 2.24) is 9.21 Å². The molecule has 9 nitrogen and oxygen atoms in total. The maximum absolute atomic E-state index is 13.1. The van der Waals surface area contributed by atoms with E-state index in [1.54, 1.807) is 30.0 Å². The highest BCUT2D eigenvalue weighted by Crippen LogP contribution is 2.32. The lowest BCUT2D eigenvalue weighted by atomic mass is 10.2. The number of anilines is 1. The van der Waals surface area contributed by atoms with Crippen LogP contribution in [-0.4, -0.2) is 68.3 Å². The third-order valence-electron chi connectivity index (χ3n) is 5.22. The van der Waals surface area contributed by atoms with Gasteiger partial charge in [-0.25, -0.2) is 8.42 Å². The van der Waals surface area contributed by atoms with E-state index in [0.29, 0.717) is 17.2 Å². The molecule has 2 amide bonds. The van der Waals surface area contributed by atoms with E-state index in [4.69, 9.17) is 9.47 Å². The normalized spacial score (nSPS) is 19.2. The molecule has 1 fully saturated rings. The number of carbonyl (C=O) groups is 2. The first-order valence-electron chi connectivity index (χ1n) is 9.92. The van der Waals surface area contributed by atoms with E-state index in [9.17, 15) is 18.0 Å². The Hall–Kier alpha value is -3.11. The molecule has 0 radical (unpaired) electrons. The number of hydrogen-bond donors (Lipinski definition) is 1. The molecule has 0 spiro atoms. The maximum atomic E-state index is 13.1. The van der Waals surface area contributed by atoms with Crippen molar-refractivity contribution in [3.8, 4) is 11.5 Å². The summed E-state index contributed by atoms with van der Waals surface area (Å²) < 4.78 is 38.4. The van der Waals surface area contributed by atoms with Gasteiger partial charge < -0.3 is 19.7 Å². The van der Waals surface area contributed by atoms with Crippen LogP contribution in [-0.2, 0) is 19.6 Å². The van der Waals surface area contributed by atoms with E-state index >= 15 is 0 Å². The molecule has 2 aromatic carbocycles. The van der Waals surface area contributed by atoms with Crippen molar-refractivity contribution in [3.63, 3.8) is 0 Å². The number of carbonyl (C=O) groups excluding carboxylic acids is 2. The number of hydrogen-bond acceptors (Lipinski definition) is 6. The number of nitrogens with one attached hydrogen (secondary N) is 1. The van der Waals surface area contributed by atoms with Gasteiger partial charge in [0.05, 0.1) is 10.6 Å². The van der Waals surface area contributed by atoms with Crippen LogP contribution in [0.15, 0.2) is 53.4 Å². The number of amides is 2.